The summed E-state index contributed by atoms with van der Waals surface area (Å²) in [5, 5.41) is 3.35. The maximum absolute atomic E-state index is 12.2. The number of amides is 1. The van der Waals surface area contributed by atoms with Crippen molar-refractivity contribution in [2.24, 2.45) is 5.73 Å². The molecule has 0 heterocycles. The molecular formula is C17H28N2O2. The fraction of sp³-hybridized carbons (Fsp3) is 0.588. The van der Waals surface area contributed by atoms with Crippen LogP contribution in [0.2, 0.25) is 0 Å². The van der Waals surface area contributed by atoms with Gasteiger partial charge in [0, 0.05) is 19.1 Å². The summed E-state index contributed by atoms with van der Waals surface area (Å²) in [7, 11) is 0. The van der Waals surface area contributed by atoms with Crippen LogP contribution in [-0.4, -0.2) is 24.7 Å². The first-order valence-electron chi connectivity index (χ1n) is 7.67. The fourth-order valence-corrected chi connectivity index (χ4v) is 2.38. The number of nitrogens with one attached hydrogen (secondary N) is 1. The molecule has 0 saturated carbocycles. The zero-order valence-electron chi connectivity index (χ0n) is 13.6. The summed E-state index contributed by atoms with van der Waals surface area (Å²) in [5.74, 6) is -0.366. The smallest absolute Gasteiger partial charge is 0.242 e. The van der Waals surface area contributed by atoms with Crippen molar-refractivity contribution in [1.29, 1.82) is 0 Å². The van der Waals surface area contributed by atoms with Crippen LogP contribution < -0.4 is 11.1 Å². The van der Waals surface area contributed by atoms with Gasteiger partial charge in [-0.05, 0) is 32.8 Å². The van der Waals surface area contributed by atoms with Gasteiger partial charge < -0.3 is 10.5 Å². The van der Waals surface area contributed by atoms with Crippen molar-refractivity contribution in [1.82, 2.24) is 5.32 Å². The Morgan fingerprint density at radius 3 is 2.38 bits per heavy atom. The summed E-state index contributed by atoms with van der Waals surface area (Å²) in [4.78, 5) is 12.2. The zero-order chi connectivity index (χ0) is 15.9. The van der Waals surface area contributed by atoms with E-state index in [9.17, 15) is 4.79 Å². The van der Waals surface area contributed by atoms with E-state index in [0.717, 1.165) is 12.0 Å². The second-order valence-corrected chi connectivity index (χ2v) is 5.77. The Kier molecular flexibility index (Phi) is 6.85. The van der Waals surface area contributed by atoms with Crippen LogP contribution in [-0.2, 0) is 15.1 Å². The monoisotopic (exact) mass is 292 g/mol. The molecular weight excluding hydrogens is 264 g/mol. The number of hydrogen-bond acceptors (Lipinski definition) is 3. The molecule has 118 valence electrons. The lowest BCUT2D eigenvalue weighted by Crippen LogP contribution is -2.55. The molecule has 2 unspecified atom stereocenters. The van der Waals surface area contributed by atoms with Crippen LogP contribution in [0.4, 0.5) is 0 Å². The molecule has 0 aliphatic heterocycles. The first-order chi connectivity index (χ1) is 9.92. The van der Waals surface area contributed by atoms with Crippen molar-refractivity contribution >= 4 is 5.91 Å². The summed E-state index contributed by atoms with van der Waals surface area (Å²) in [6, 6.07) is 9.78. The Labute approximate surface area is 128 Å². The van der Waals surface area contributed by atoms with Gasteiger partial charge in [0.2, 0.25) is 5.91 Å². The summed E-state index contributed by atoms with van der Waals surface area (Å²) in [6.07, 6.45) is 1.66. The highest BCUT2D eigenvalue weighted by Gasteiger charge is 2.38. The third kappa shape index (κ3) is 4.83. The fourth-order valence-electron chi connectivity index (χ4n) is 2.38. The number of primary amides is 1. The molecule has 0 radical (unpaired) electrons. The quantitative estimate of drug-likeness (QED) is 0.735. The van der Waals surface area contributed by atoms with E-state index in [1.807, 2.05) is 51.1 Å². The minimum Gasteiger partial charge on any atom is -0.378 e. The van der Waals surface area contributed by atoms with Gasteiger partial charge in [0.25, 0.3) is 0 Å². The largest absolute Gasteiger partial charge is 0.378 e. The Bertz CT molecular complexity index is 434. The Morgan fingerprint density at radius 1 is 1.29 bits per heavy atom. The van der Waals surface area contributed by atoms with Gasteiger partial charge in [0.05, 0.1) is 6.10 Å². The van der Waals surface area contributed by atoms with Crippen molar-refractivity contribution in [3.05, 3.63) is 35.9 Å². The molecule has 4 nitrogen and oxygen atoms in total. The van der Waals surface area contributed by atoms with Crippen molar-refractivity contribution in [3.8, 4) is 0 Å². The maximum Gasteiger partial charge on any atom is 0.242 e. The van der Waals surface area contributed by atoms with Crippen LogP contribution in [0.3, 0.4) is 0 Å². The van der Waals surface area contributed by atoms with E-state index >= 15 is 0 Å². The molecule has 0 bridgehead atoms. The highest BCUT2D eigenvalue weighted by molar-refractivity contribution is 5.86. The summed E-state index contributed by atoms with van der Waals surface area (Å²) < 4.78 is 5.75. The predicted octanol–water partition coefficient (Wildman–Crippen LogP) is 2.57. The lowest BCUT2D eigenvalue weighted by Gasteiger charge is -2.34. The maximum atomic E-state index is 12.2. The average Bonchev–Trinajstić information content (AvgIpc) is 2.46. The van der Waals surface area contributed by atoms with E-state index in [2.05, 4.69) is 12.2 Å². The normalized spacial score (nSPS) is 15.7. The van der Waals surface area contributed by atoms with Gasteiger partial charge in [-0.3, -0.25) is 10.1 Å². The Hall–Kier alpha value is -1.39. The van der Waals surface area contributed by atoms with Crippen LogP contribution >= 0.6 is 0 Å². The highest BCUT2D eigenvalue weighted by atomic mass is 16.5. The predicted molar refractivity (Wildman–Crippen MR) is 85.9 cm³/mol. The van der Waals surface area contributed by atoms with Crippen molar-refractivity contribution in [2.45, 2.75) is 58.2 Å². The summed E-state index contributed by atoms with van der Waals surface area (Å²) in [5.41, 5.74) is 5.75. The van der Waals surface area contributed by atoms with Crippen LogP contribution in [0, 0.1) is 0 Å². The first-order valence-corrected chi connectivity index (χ1v) is 7.67. The van der Waals surface area contributed by atoms with Crippen LogP contribution in [0.25, 0.3) is 0 Å². The van der Waals surface area contributed by atoms with Crippen LogP contribution in [0.15, 0.2) is 30.3 Å². The second kappa shape index (κ2) is 8.15. The molecule has 1 amide bonds. The molecule has 0 aliphatic carbocycles. The lowest BCUT2D eigenvalue weighted by molar-refractivity contribution is -0.126. The summed E-state index contributed by atoms with van der Waals surface area (Å²) in [6.45, 7) is 8.62. The third-order valence-electron chi connectivity index (χ3n) is 3.68. The van der Waals surface area contributed by atoms with Crippen LogP contribution in [0.1, 0.15) is 46.1 Å². The summed E-state index contributed by atoms with van der Waals surface area (Å²) >= 11 is 0. The van der Waals surface area contributed by atoms with E-state index in [1.165, 1.54) is 0 Å². The van der Waals surface area contributed by atoms with E-state index in [1.54, 1.807) is 0 Å². The minimum absolute atomic E-state index is 0.140. The second-order valence-electron chi connectivity index (χ2n) is 5.77. The molecule has 1 rings (SSSR count). The van der Waals surface area contributed by atoms with Gasteiger partial charge in [-0.2, -0.15) is 0 Å². The average molecular weight is 292 g/mol. The molecule has 0 aliphatic rings. The lowest BCUT2D eigenvalue weighted by atomic mass is 9.85. The molecule has 0 saturated heterocycles. The molecule has 1 aromatic rings. The van der Waals surface area contributed by atoms with Gasteiger partial charge in [0.15, 0.2) is 0 Å². The number of nitrogens with two attached hydrogens (primary N) is 1. The highest BCUT2D eigenvalue weighted by Crippen LogP contribution is 2.26. The standard InChI is InChI=1S/C17H28N2O2/c1-5-14(4)21-12-11-17(16(18)20,19-13(2)3)15-9-7-6-8-10-15/h6-10,13-14,19H,5,11-12H2,1-4H3,(H2,18,20). The number of ether oxygens (including phenoxy) is 1. The van der Waals surface area contributed by atoms with E-state index in [-0.39, 0.29) is 18.1 Å². The van der Waals surface area contributed by atoms with Gasteiger partial charge in [0.1, 0.15) is 5.54 Å². The molecule has 4 heteroatoms. The first kappa shape index (κ1) is 17.7. The molecule has 0 aromatic heterocycles. The van der Waals surface area contributed by atoms with Crippen molar-refractivity contribution in [3.63, 3.8) is 0 Å². The SMILES string of the molecule is CCC(C)OCCC(NC(C)C)(C(N)=O)c1ccccc1. The van der Waals surface area contributed by atoms with E-state index < -0.39 is 5.54 Å². The third-order valence-corrected chi connectivity index (χ3v) is 3.68. The van der Waals surface area contributed by atoms with E-state index in [0.29, 0.717) is 13.0 Å². The van der Waals surface area contributed by atoms with Crippen molar-refractivity contribution in [2.75, 3.05) is 6.61 Å². The molecule has 0 spiro atoms. The van der Waals surface area contributed by atoms with Crippen LogP contribution in [0.5, 0.6) is 0 Å². The van der Waals surface area contributed by atoms with Gasteiger partial charge in [-0.25, -0.2) is 0 Å². The molecule has 0 fully saturated rings. The number of carbonyl (C=O) groups excluding carboxylic acids is 1. The number of hydrogen-bond donors (Lipinski definition) is 2. The molecule has 2 atom stereocenters. The Morgan fingerprint density at radius 2 is 1.90 bits per heavy atom. The van der Waals surface area contributed by atoms with E-state index in [4.69, 9.17) is 10.5 Å². The zero-order valence-corrected chi connectivity index (χ0v) is 13.6. The Balaban J connectivity index is 2.99. The minimum atomic E-state index is -0.886. The van der Waals surface area contributed by atoms with Crippen molar-refractivity contribution < 1.29 is 9.53 Å². The molecule has 1 aromatic carbocycles. The van der Waals surface area contributed by atoms with Gasteiger partial charge in [-0.15, -0.1) is 0 Å². The number of rotatable bonds is 9. The molecule has 3 N–H and O–H groups in total. The van der Waals surface area contributed by atoms with Gasteiger partial charge in [-0.1, -0.05) is 37.3 Å². The molecule has 21 heavy (non-hydrogen) atoms. The number of benzene rings is 1. The topological polar surface area (TPSA) is 64.3 Å². The van der Waals surface area contributed by atoms with Gasteiger partial charge >= 0.3 is 0 Å². The number of carbonyl (C=O) groups is 1.